The first-order valence-corrected chi connectivity index (χ1v) is 9.84. The van der Waals surface area contributed by atoms with E-state index in [1.807, 2.05) is 0 Å². The lowest BCUT2D eigenvalue weighted by Gasteiger charge is -2.22. The molecule has 0 spiro atoms. The second kappa shape index (κ2) is 8.72. The minimum Gasteiger partial charge on any atom is -0.497 e. The second-order valence-corrected chi connectivity index (χ2v) is 7.58. The summed E-state index contributed by atoms with van der Waals surface area (Å²) in [5.74, 6) is 0.102. The lowest BCUT2D eigenvalue weighted by Crippen LogP contribution is -2.33. The molecular formula is C18H21FN2O5S. The predicted molar refractivity (Wildman–Crippen MR) is 101 cm³/mol. The van der Waals surface area contributed by atoms with Gasteiger partial charge >= 0.3 is 0 Å². The normalized spacial score (nSPS) is 11.0. The van der Waals surface area contributed by atoms with Gasteiger partial charge in [0.15, 0.2) is 0 Å². The number of carbonyl (C=O) groups is 1. The fourth-order valence-electron chi connectivity index (χ4n) is 2.42. The van der Waals surface area contributed by atoms with Gasteiger partial charge in [0.25, 0.3) is 0 Å². The fraction of sp³-hybridized carbons (Fsp3) is 0.278. The summed E-state index contributed by atoms with van der Waals surface area (Å²) in [5, 5.41) is 2.68. The smallest absolute Gasteiger partial charge is 0.232 e. The van der Waals surface area contributed by atoms with Gasteiger partial charge < -0.3 is 14.8 Å². The van der Waals surface area contributed by atoms with E-state index in [0.717, 1.165) is 22.7 Å². The maximum absolute atomic E-state index is 13.1. The number of sulfonamides is 1. The summed E-state index contributed by atoms with van der Waals surface area (Å²) < 4.78 is 48.5. The molecule has 0 unspecified atom stereocenters. The standard InChI is InChI=1S/C18H21FN2O5S/c1-25-15-8-9-17(26-2)16(12-15)20-18(22)10-11-21(27(3,23)24)14-6-4-13(19)5-7-14/h4-9,12H,10-11H2,1-3H3,(H,20,22). The number of benzene rings is 2. The van der Waals surface area contributed by atoms with E-state index in [-0.39, 0.29) is 18.7 Å². The number of ether oxygens (including phenoxy) is 2. The van der Waals surface area contributed by atoms with Crippen LogP contribution in [0.4, 0.5) is 15.8 Å². The van der Waals surface area contributed by atoms with Gasteiger partial charge in [0.1, 0.15) is 17.3 Å². The molecule has 0 aliphatic rings. The lowest BCUT2D eigenvalue weighted by molar-refractivity contribution is -0.116. The molecule has 0 aromatic heterocycles. The number of hydrogen-bond acceptors (Lipinski definition) is 5. The van der Waals surface area contributed by atoms with Crippen LogP contribution in [0.5, 0.6) is 11.5 Å². The first-order chi connectivity index (χ1) is 12.7. The van der Waals surface area contributed by atoms with Crippen LogP contribution in [0.1, 0.15) is 6.42 Å². The first kappa shape index (κ1) is 20.5. The maximum atomic E-state index is 13.1. The molecule has 2 aromatic rings. The van der Waals surface area contributed by atoms with Crippen molar-refractivity contribution in [2.24, 2.45) is 0 Å². The Morgan fingerprint density at radius 2 is 1.78 bits per heavy atom. The molecule has 0 saturated heterocycles. The van der Waals surface area contributed by atoms with Crippen LogP contribution < -0.4 is 19.1 Å². The molecule has 1 N–H and O–H groups in total. The van der Waals surface area contributed by atoms with Crippen molar-refractivity contribution in [1.29, 1.82) is 0 Å². The molecule has 7 nitrogen and oxygen atoms in total. The number of anilines is 2. The molecule has 0 heterocycles. The average Bonchev–Trinajstić information content (AvgIpc) is 2.62. The molecule has 0 saturated carbocycles. The van der Waals surface area contributed by atoms with Gasteiger partial charge in [-0.15, -0.1) is 0 Å². The lowest BCUT2D eigenvalue weighted by atomic mass is 10.2. The van der Waals surface area contributed by atoms with Crippen LogP contribution in [-0.2, 0) is 14.8 Å². The Morgan fingerprint density at radius 1 is 1.11 bits per heavy atom. The zero-order chi connectivity index (χ0) is 20.0. The third-order valence-electron chi connectivity index (χ3n) is 3.74. The summed E-state index contributed by atoms with van der Waals surface area (Å²) >= 11 is 0. The molecule has 9 heteroatoms. The van der Waals surface area contributed by atoms with E-state index in [9.17, 15) is 17.6 Å². The molecule has 1 amide bonds. The van der Waals surface area contributed by atoms with Gasteiger partial charge in [-0.2, -0.15) is 0 Å². The third kappa shape index (κ3) is 5.58. The highest BCUT2D eigenvalue weighted by Crippen LogP contribution is 2.29. The van der Waals surface area contributed by atoms with Crippen molar-refractivity contribution in [3.05, 3.63) is 48.3 Å². The first-order valence-electron chi connectivity index (χ1n) is 7.99. The number of rotatable bonds is 8. The fourth-order valence-corrected chi connectivity index (χ4v) is 3.35. The molecule has 0 aliphatic carbocycles. The van der Waals surface area contributed by atoms with Gasteiger partial charge in [0.05, 0.1) is 31.9 Å². The Labute approximate surface area is 157 Å². The van der Waals surface area contributed by atoms with Crippen molar-refractivity contribution < 1.29 is 27.1 Å². The number of methoxy groups -OCH3 is 2. The SMILES string of the molecule is COc1ccc(OC)c(NC(=O)CCN(c2ccc(F)cc2)S(C)(=O)=O)c1. The highest BCUT2D eigenvalue weighted by atomic mass is 32.2. The molecule has 146 valence electrons. The largest absolute Gasteiger partial charge is 0.497 e. The molecule has 0 bridgehead atoms. The van der Waals surface area contributed by atoms with Crippen LogP contribution in [0.2, 0.25) is 0 Å². The minimum atomic E-state index is -3.64. The second-order valence-electron chi connectivity index (χ2n) is 5.68. The number of amides is 1. The van der Waals surface area contributed by atoms with Gasteiger partial charge in [-0.05, 0) is 36.4 Å². The summed E-state index contributed by atoms with van der Waals surface area (Å²) in [6.45, 7) is -0.0947. The predicted octanol–water partition coefficient (Wildman–Crippen LogP) is 2.64. The maximum Gasteiger partial charge on any atom is 0.232 e. The highest BCUT2D eigenvalue weighted by Gasteiger charge is 2.19. The summed E-state index contributed by atoms with van der Waals surface area (Å²) in [6, 6.07) is 9.96. The molecular weight excluding hydrogens is 375 g/mol. The Kier molecular flexibility index (Phi) is 6.62. The van der Waals surface area contributed by atoms with Crippen molar-refractivity contribution in [2.45, 2.75) is 6.42 Å². The molecule has 0 aliphatic heterocycles. The summed E-state index contributed by atoms with van der Waals surface area (Å²) in [7, 11) is -0.667. The molecule has 2 rings (SSSR count). The van der Waals surface area contributed by atoms with E-state index in [0.29, 0.717) is 17.2 Å². The number of nitrogens with one attached hydrogen (secondary N) is 1. The summed E-state index contributed by atoms with van der Waals surface area (Å²) in [6.07, 6.45) is 0.921. The average molecular weight is 396 g/mol. The van der Waals surface area contributed by atoms with E-state index in [1.165, 1.54) is 26.4 Å². The van der Waals surface area contributed by atoms with E-state index >= 15 is 0 Å². The van der Waals surface area contributed by atoms with E-state index in [2.05, 4.69) is 5.32 Å². The molecule has 27 heavy (non-hydrogen) atoms. The Hall–Kier alpha value is -2.81. The summed E-state index contributed by atoms with van der Waals surface area (Å²) in [4.78, 5) is 12.3. The molecule has 0 radical (unpaired) electrons. The zero-order valence-electron chi connectivity index (χ0n) is 15.2. The van der Waals surface area contributed by atoms with E-state index in [4.69, 9.17) is 9.47 Å². The molecule has 2 aromatic carbocycles. The van der Waals surface area contributed by atoms with Crippen molar-refractivity contribution in [3.8, 4) is 11.5 Å². The molecule has 0 atom stereocenters. The van der Waals surface area contributed by atoms with Gasteiger partial charge in [-0.25, -0.2) is 12.8 Å². The van der Waals surface area contributed by atoms with Crippen molar-refractivity contribution in [1.82, 2.24) is 0 Å². The van der Waals surface area contributed by atoms with E-state index < -0.39 is 21.7 Å². The van der Waals surface area contributed by atoms with Crippen LogP contribution in [0.25, 0.3) is 0 Å². The van der Waals surface area contributed by atoms with Crippen molar-refractivity contribution in [2.75, 3.05) is 36.6 Å². The highest BCUT2D eigenvalue weighted by molar-refractivity contribution is 7.92. The number of halogens is 1. The van der Waals surface area contributed by atoms with Crippen LogP contribution in [0.15, 0.2) is 42.5 Å². The quantitative estimate of drug-likeness (QED) is 0.742. The van der Waals surface area contributed by atoms with E-state index in [1.54, 1.807) is 18.2 Å². The van der Waals surface area contributed by atoms with Gasteiger partial charge in [0.2, 0.25) is 15.9 Å². The Morgan fingerprint density at radius 3 is 2.33 bits per heavy atom. The van der Waals surface area contributed by atoms with Gasteiger partial charge in [-0.1, -0.05) is 0 Å². The number of carbonyl (C=O) groups excluding carboxylic acids is 1. The topological polar surface area (TPSA) is 84.9 Å². The minimum absolute atomic E-state index is 0.0947. The van der Waals surface area contributed by atoms with Crippen LogP contribution in [-0.4, -0.2) is 41.3 Å². The molecule has 0 fully saturated rings. The van der Waals surface area contributed by atoms with Crippen molar-refractivity contribution >= 4 is 27.3 Å². The third-order valence-corrected chi connectivity index (χ3v) is 4.93. The number of nitrogens with zero attached hydrogens (tertiary/aromatic N) is 1. The monoisotopic (exact) mass is 396 g/mol. The van der Waals surface area contributed by atoms with Gasteiger partial charge in [-0.3, -0.25) is 9.10 Å². The van der Waals surface area contributed by atoms with Crippen LogP contribution >= 0.6 is 0 Å². The Bertz CT molecular complexity index is 900. The van der Waals surface area contributed by atoms with Gasteiger partial charge in [0, 0.05) is 19.0 Å². The number of hydrogen-bond donors (Lipinski definition) is 1. The van der Waals surface area contributed by atoms with Crippen LogP contribution in [0, 0.1) is 5.82 Å². The van der Waals surface area contributed by atoms with Crippen LogP contribution in [0.3, 0.4) is 0 Å². The summed E-state index contributed by atoms with van der Waals surface area (Å²) in [5.41, 5.74) is 0.695. The zero-order valence-corrected chi connectivity index (χ0v) is 16.0. The Balaban J connectivity index is 2.11. The van der Waals surface area contributed by atoms with Crippen molar-refractivity contribution in [3.63, 3.8) is 0 Å².